The van der Waals surface area contributed by atoms with Crippen LogP contribution in [0.25, 0.3) is 0 Å². The summed E-state index contributed by atoms with van der Waals surface area (Å²) in [6.45, 7) is 3.50. The van der Waals surface area contributed by atoms with Gasteiger partial charge in [0.15, 0.2) is 5.82 Å². The van der Waals surface area contributed by atoms with Crippen LogP contribution >= 0.6 is 0 Å². The number of fused-ring (bicyclic) bond motifs is 3. The van der Waals surface area contributed by atoms with Gasteiger partial charge in [0.25, 0.3) is 5.69 Å². The summed E-state index contributed by atoms with van der Waals surface area (Å²) in [5.74, 6) is 0.0725. The van der Waals surface area contributed by atoms with Gasteiger partial charge in [-0.3, -0.25) is 10.1 Å². The van der Waals surface area contributed by atoms with Gasteiger partial charge in [-0.25, -0.2) is 14.4 Å². The van der Waals surface area contributed by atoms with Crippen molar-refractivity contribution in [1.82, 2.24) is 15.3 Å². The number of nitro benzene ring substituents is 1. The predicted octanol–water partition coefficient (Wildman–Crippen LogP) is 1.32. The van der Waals surface area contributed by atoms with Crippen LogP contribution in [0.4, 0.5) is 21.7 Å². The molecule has 1 saturated heterocycles. The highest BCUT2D eigenvalue weighted by atomic mass is 19.1. The van der Waals surface area contributed by atoms with E-state index >= 15 is 0 Å². The summed E-state index contributed by atoms with van der Waals surface area (Å²) in [6, 6.07) is 5.21. The van der Waals surface area contributed by atoms with Gasteiger partial charge in [-0.15, -0.1) is 0 Å². The number of piperazine rings is 1. The van der Waals surface area contributed by atoms with Crippen LogP contribution in [0.15, 0.2) is 30.6 Å². The van der Waals surface area contributed by atoms with Gasteiger partial charge in [0, 0.05) is 50.5 Å². The lowest BCUT2D eigenvalue weighted by molar-refractivity contribution is -0.384. The molecular formula is C16H17FN6O2. The number of nitro groups is 1. The molecule has 2 aliphatic heterocycles. The molecule has 1 unspecified atom stereocenters. The number of nitrogens with zero attached hydrogens (tertiary/aromatic N) is 5. The quantitative estimate of drug-likeness (QED) is 0.649. The number of nitrogens with one attached hydrogen (secondary N) is 1. The van der Waals surface area contributed by atoms with Crippen LogP contribution in [0.2, 0.25) is 0 Å². The molecule has 0 amide bonds. The normalized spacial score (nSPS) is 19.8. The van der Waals surface area contributed by atoms with Gasteiger partial charge in [0.1, 0.15) is 0 Å². The fourth-order valence-corrected chi connectivity index (χ4v) is 3.48. The molecule has 1 aromatic carbocycles. The summed E-state index contributed by atoms with van der Waals surface area (Å²) in [5.41, 5.74) is 2.07. The summed E-state index contributed by atoms with van der Waals surface area (Å²) >= 11 is 0. The van der Waals surface area contributed by atoms with Crippen LogP contribution < -0.4 is 15.1 Å². The maximum absolute atomic E-state index is 13.0. The zero-order valence-corrected chi connectivity index (χ0v) is 13.4. The second-order valence-electron chi connectivity index (χ2n) is 6.20. The molecule has 2 aliphatic rings. The van der Waals surface area contributed by atoms with E-state index in [4.69, 9.17) is 0 Å². The molecule has 4 rings (SSSR count). The SMILES string of the molecule is O=[N+]([O-])c1ccc2c(c1)CNCC1CN(c3ncc(F)cn3)CCN21. The van der Waals surface area contributed by atoms with E-state index in [0.29, 0.717) is 25.6 Å². The van der Waals surface area contributed by atoms with Gasteiger partial charge in [-0.1, -0.05) is 0 Å². The standard InChI is InChI=1S/C16H17FN6O2/c17-12-7-19-16(20-8-12)21-3-4-22-14(10-21)9-18-6-11-5-13(23(24)25)1-2-15(11)22/h1-2,5,7-8,14,18H,3-4,6,9-10H2. The van der Waals surface area contributed by atoms with Crippen LogP contribution in [0.3, 0.4) is 0 Å². The lowest BCUT2D eigenvalue weighted by atomic mass is 10.1. The number of anilines is 2. The number of rotatable bonds is 2. The Kier molecular flexibility index (Phi) is 3.92. The zero-order chi connectivity index (χ0) is 17.4. The van der Waals surface area contributed by atoms with Crippen molar-refractivity contribution in [1.29, 1.82) is 0 Å². The Morgan fingerprint density at radius 3 is 2.84 bits per heavy atom. The van der Waals surface area contributed by atoms with Crippen molar-refractivity contribution >= 4 is 17.3 Å². The molecule has 130 valence electrons. The van der Waals surface area contributed by atoms with Gasteiger partial charge in [0.05, 0.1) is 23.4 Å². The van der Waals surface area contributed by atoms with E-state index in [1.807, 2.05) is 11.0 Å². The minimum Gasteiger partial charge on any atom is -0.363 e. The smallest absolute Gasteiger partial charge is 0.269 e. The summed E-state index contributed by atoms with van der Waals surface area (Å²) < 4.78 is 13.0. The summed E-state index contributed by atoms with van der Waals surface area (Å²) in [5, 5.41) is 14.4. The van der Waals surface area contributed by atoms with Gasteiger partial charge in [0.2, 0.25) is 5.95 Å². The number of benzene rings is 1. The highest BCUT2D eigenvalue weighted by Crippen LogP contribution is 2.30. The summed E-state index contributed by atoms with van der Waals surface area (Å²) in [6.07, 6.45) is 2.35. The molecule has 0 radical (unpaired) electrons. The minimum absolute atomic E-state index is 0.109. The lowest BCUT2D eigenvalue weighted by Crippen LogP contribution is -2.56. The van der Waals surface area contributed by atoms with Gasteiger partial charge < -0.3 is 15.1 Å². The van der Waals surface area contributed by atoms with E-state index < -0.39 is 5.82 Å². The lowest BCUT2D eigenvalue weighted by Gasteiger charge is -2.42. The summed E-state index contributed by atoms with van der Waals surface area (Å²) in [4.78, 5) is 23.1. The number of hydrogen-bond acceptors (Lipinski definition) is 7. The molecule has 2 aromatic rings. The largest absolute Gasteiger partial charge is 0.363 e. The van der Waals surface area contributed by atoms with Crippen molar-refractivity contribution in [3.05, 3.63) is 52.1 Å². The van der Waals surface area contributed by atoms with Crippen molar-refractivity contribution in [3.8, 4) is 0 Å². The van der Waals surface area contributed by atoms with Crippen LogP contribution in [0.5, 0.6) is 0 Å². The van der Waals surface area contributed by atoms with Crippen molar-refractivity contribution in [2.24, 2.45) is 0 Å². The second kappa shape index (κ2) is 6.25. The van der Waals surface area contributed by atoms with Crippen molar-refractivity contribution < 1.29 is 9.31 Å². The first-order chi connectivity index (χ1) is 12.1. The van der Waals surface area contributed by atoms with Crippen LogP contribution in [-0.2, 0) is 6.54 Å². The molecule has 1 atom stereocenters. The van der Waals surface area contributed by atoms with Crippen LogP contribution in [0, 0.1) is 15.9 Å². The van der Waals surface area contributed by atoms with Crippen molar-refractivity contribution in [3.63, 3.8) is 0 Å². The Balaban J connectivity index is 1.58. The first-order valence-electron chi connectivity index (χ1n) is 8.09. The van der Waals surface area contributed by atoms with E-state index in [9.17, 15) is 14.5 Å². The van der Waals surface area contributed by atoms with Crippen LogP contribution in [-0.4, -0.2) is 47.1 Å². The van der Waals surface area contributed by atoms with Crippen molar-refractivity contribution in [2.45, 2.75) is 12.6 Å². The Morgan fingerprint density at radius 2 is 2.08 bits per heavy atom. The van der Waals surface area contributed by atoms with Gasteiger partial charge >= 0.3 is 0 Å². The second-order valence-corrected chi connectivity index (χ2v) is 6.20. The number of halogens is 1. The molecule has 3 heterocycles. The highest BCUT2D eigenvalue weighted by Gasteiger charge is 2.31. The van der Waals surface area contributed by atoms with Gasteiger partial charge in [-0.05, 0) is 11.6 Å². The average Bonchev–Trinajstić information content (AvgIpc) is 2.80. The third kappa shape index (κ3) is 2.98. The number of aromatic nitrogens is 2. The third-order valence-electron chi connectivity index (χ3n) is 4.65. The number of hydrogen-bond donors (Lipinski definition) is 1. The predicted molar refractivity (Wildman–Crippen MR) is 90.1 cm³/mol. The molecule has 8 nitrogen and oxygen atoms in total. The van der Waals surface area contributed by atoms with E-state index in [1.54, 1.807) is 12.1 Å². The Labute approximate surface area is 143 Å². The molecule has 0 saturated carbocycles. The molecule has 1 fully saturated rings. The number of non-ortho nitro benzene ring substituents is 1. The van der Waals surface area contributed by atoms with Gasteiger partial charge in [-0.2, -0.15) is 0 Å². The Morgan fingerprint density at radius 1 is 1.28 bits per heavy atom. The highest BCUT2D eigenvalue weighted by molar-refractivity contribution is 5.60. The Hall–Kier alpha value is -2.81. The van der Waals surface area contributed by atoms with Crippen molar-refractivity contribution in [2.75, 3.05) is 36.0 Å². The molecular weight excluding hydrogens is 327 g/mol. The molecule has 0 bridgehead atoms. The first-order valence-corrected chi connectivity index (χ1v) is 8.09. The maximum Gasteiger partial charge on any atom is 0.269 e. The molecule has 0 spiro atoms. The molecule has 25 heavy (non-hydrogen) atoms. The molecule has 1 N–H and O–H groups in total. The van der Waals surface area contributed by atoms with E-state index in [-0.39, 0.29) is 16.7 Å². The van der Waals surface area contributed by atoms with E-state index in [1.165, 1.54) is 12.4 Å². The van der Waals surface area contributed by atoms with E-state index in [2.05, 4.69) is 20.2 Å². The third-order valence-corrected chi connectivity index (χ3v) is 4.65. The summed E-state index contributed by atoms with van der Waals surface area (Å²) in [7, 11) is 0. The minimum atomic E-state index is -0.450. The van der Waals surface area contributed by atoms with E-state index in [0.717, 1.165) is 24.3 Å². The average molecular weight is 344 g/mol. The fourth-order valence-electron chi connectivity index (χ4n) is 3.48. The zero-order valence-electron chi connectivity index (χ0n) is 13.4. The first kappa shape index (κ1) is 15.7. The fraction of sp³-hybridized carbons (Fsp3) is 0.375. The molecule has 9 heteroatoms. The molecule has 1 aromatic heterocycles. The topological polar surface area (TPSA) is 87.4 Å². The Bertz CT molecular complexity index is 800. The monoisotopic (exact) mass is 344 g/mol. The maximum atomic E-state index is 13.0. The van der Waals surface area contributed by atoms with Crippen LogP contribution in [0.1, 0.15) is 5.56 Å². The molecule has 0 aliphatic carbocycles.